The Morgan fingerprint density at radius 2 is 2.17 bits per heavy atom. The van der Waals surface area contributed by atoms with Gasteiger partial charge in [0.05, 0.1) is 12.0 Å². The minimum Gasteiger partial charge on any atom is -0.348 e. The molecule has 1 aliphatic carbocycles. The maximum atomic E-state index is 12.1. The Balaban J connectivity index is 0.00000162. The van der Waals surface area contributed by atoms with E-state index >= 15 is 0 Å². The Hall–Kier alpha value is -1.14. The first-order valence-corrected chi connectivity index (χ1v) is 5.94. The molecule has 0 spiro atoms. The first-order valence-electron chi connectivity index (χ1n) is 5.94. The van der Waals surface area contributed by atoms with E-state index in [1.807, 2.05) is 0 Å². The number of nitrogens with zero attached hydrogens (tertiary/aromatic N) is 2. The summed E-state index contributed by atoms with van der Waals surface area (Å²) < 4.78 is 4.84. The van der Waals surface area contributed by atoms with Crippen LogP contribution < -0.4 is 11.1 Å². The number of nitrogens with two attached hydrogens (primary N) is 1. The van der Waals surface area contributed by atoms with Gasteiger partial charge in [-0.1, -0.05) is 18.0 Å². The number of nitrogens with one attached hydrogen (secondary N) is 1. The van der Waals surface area contributed by atoms with Crippen molar-refractivity contribution in [3.8, 4) is 0 Å². The lowest BCUT2D eigenvalue weighted by Crippen LogP contribution is -2.44. The van der Waals surface area contributed by atoms with Crippen LogP contribution in [0, 0.1) is 12.3 Å². The number of halogens is 1. The van der Waals surface area contributed by atoms with E-state index in [0.717, 1.165) is 25.7 Å². The molecule has 0 aliphatic heterocycles. The third kappa shape index (κ3) is 3.00. The monoisotopic (exact) mass is 274 g/mol. The second kappa shape index (κ2) is 6.15. The predicted molar refractivity (Wildman–Crippen MR) is 68.1 cm³/mol. The van der Waals surface area contributed by atoms with Gasteiger partial charge in [-0.3, -0.25) is 4.79 Å². The van der Waals surface area contributed by atoms with Crippen LogP contribution in [0.2, 0.25) is 0 Å². The fraction of sp³-hybridized carbons (Fsp3) is 0.727. The molecular weight excluding hydrogens is 256 g/mol. The second-order valence-electron chi connectivity index (χ2n) is 4.60. The van der Waals surface area contributed by atoms with Gasteiger partial charge >= 0.3 is 0 Å². The van der Waals surface area contributed by atoms with Crippen molar-refractivity contribution in [2.75, 3.05) is 6.54 Å². The summed E-state index contributed by atoms with van der Waals surface area (Å²) in [5.74, 6) is 1.02. The normalized spacial score (nSPS) is 17.2. The van der Waals surface area contributed by atoms with Crippen molar-refractivity contribution < 1.29 is 9.32 Å². The van der Waals surface area contributed by atoms with E-state index in [4.69, 9.17) is 10.3 Å². The molecule has 0 bridgehead atoms. The number of carbonyl (C=O) groups is 1. The number of amides is 1. The number of aryl methyl sites for hydroxylation is 1. The van der Waals surface area contributed by atoms with Crippen LogP contribution in [-0.4, -0.2) is 22.6 Å². The first kappa shape index (κ1) is 14.9. The summed E-state index contributed by atoms with van der Waals surface area (Å²) in [7, 11) is 0. The lowest BCUT2D eigenvalue weighted by molar-refractivity contribution is -0.130. The zero-order chi connectivity index (χ0) is 12.3. The molecular formula is C11H19ClN4O2. The van der Waals surface area contributed by atoms with Crippen molar-refractivity contribution >= 4 is 18.3 Å². The number of rotatable bonds is 4. The smallest absolute Gasteiger partial charge is 0.227 e. The average molecular weight is 275 g/mol. The molecule has 1 fully saturated rings. The van der Waals surface area contributed by atoms with E-state index in [-0.39, 0.29) is 23.7 Å². The summed E-state index contributed by atoms with van der Waals surface area (Å²) in [6.07, 6.45) is 3.90. The van der Waals surface area contributed by atoms with Gasteiger partial charge in [0.25, 0.3) is 0 Å². The molecule has 1 aromatic rings. The Labute approximate surface area is 112 Å². The molecule has 7 heteroatoms. The van der Waals surface area contributed by atoms with Crippen molar-refractivity contribution in [2.45, 2.75) is 39.2 Å². The molecule has 1 aliphatic rings. The van der Waals surface area contributed by atoms with Crippen LogP contribution in [-0.2, 0) is 11.3 Å². The highest BCUT2D eigenvalue weighted by Crippen LogP contribution is 2.37. The van der Waals surface area contributed by atoms with Gasteiger partial charge in [0, 0.05) is 13.5 Å². The highest BCUT2D eigenvalue weighted by molar-refractivity contribution is 5.85. The molecule has 1 heterocycles. The zero-order valence-electron chi connectivity index (χ0n) is 10.4. The molecule has 102 valence electrons. The van der Waals surface area contributed by atoms with Gasteiger partial charge in [-0.15, -0.1) is 12.4 Å². The minimum atomic E-state index is -0.376. The van der Waals surface area contributed by atoms with E-state index in [1.54, 1.807) is 6.92 Å². The van der Waals surface area contributed by atoms with Crippen molar-refractivity contribution in [1.82, 2.24) is 15.5 Å². The number of hydrogen-bond acceptors (Lipinski definition) is 5. The Bertz CT molecular complexity index is 402. The summed E-state index contributed by atoms with van der Waals surface area (Å²) in [6.45, 7) is 2.43. The summed E-state index contributed by atoms with van der Waals surface area (Å²) in [4.78, 5) is 16.1. The number of aromatic nitrogens is 2. The van der Waals surface area contributed by atoms with E-state index in [1.165, 1.54) is 0 Å². The lowest BCUT2D eigenvalue weighted by Gasteiger charge is -2.25. The van der Waals surface area contributed by atoms with Gasteiger partial charge in [0.2, 0.25) is 11.8 Å². The van der Waals surface area contributed by atoms with Crippen LogP contribution in [0.5, 0.6) is 0 Å². The van der Waals surface area contributed by atoms with Gasteiger partial charge in [0.15, 0.2) is 5.82 Å². The number of carbonyl (C=O) groups excluding carboxylic acids is 1. The summed E-state index contributed by atoms with van der Waals surface area (Å²) in [5, 5.41) is 6.57. The van der Waals surface area contributed by atoms with Gasteiger partial charge in [0.1, 0.15) is 0 Å². The highest BCUT2D eigenvalue weighted by atomic mass is 35.5. The van der Waals surface area contributed by atoms with Crippen LogP contribution in [0.25, 0.3) is 0 Å². The number of hydrogen-bond donors (Lipinski definition) is 2. The Kier molecular flexibility index (Phi) is 5.10. The zero-order valence-corrected chi connectivity index (χ0v) is 11.3. The van der Waals surface area contributed by atoms with E-state index in [2.05, 4.69) is 15.5 Å². The van der Waals surface area contributed by atoms with Gasteiger partial charge < -0.3 is 15.6 Å². The molecule has 18 heavy (non-hydrogen) atoms. The molecule has 2 rings (SSSR count). The van der Waals surface area contributed by atoms with Gasteiger partial charge in [-0.25, -0.2) is 0 Å². The van der Waals surface area contributed by atoms with Crippen molar-refractivity contribution in [3.63, 3.8) is 0 Å². The van der Waals surface area contributed by atoms with Gasteiger partial charge in [-0.05, 0) is 12.8 Å². The van der Waals surface area contributed by atoms with Crippen molar-refractivity contribution in [1.29, 1.82) is 0 Å². The van der Waals surface area contributed by atoms with Crippen LogP contribution in [0.1, 0.15) is 37.4 Å². The Morgan fingerprint density at radius 1 is 1.50 bits per heavy atom. The molecule has 0 atom stereocenters. The fourth-order valence-corrected chi connectivity index (χ4v) is 2.34. The largest absolute Gasteiger partial charge is 0.348 e. The molecule has 0 aromatic carbocycles. The van der Waals surface area contributed by atoms with Crippen LogP contribution in [0.4, 0.5) is 0 Å². The summed E-state index contributed by atoms with van der Waals surface area (Å²) in [6, 6.07) is 0. The molecule has 1 saturated carbocycles. The predicted octanol–water partition coefficient (Wildman–Crippen LogP) is 0.935. The SMILES string of the molecule is Cc1nc(CNC(=O)C2(CN)CCCC2)no1.Cl. The average Bonchev–Trinajstić information content (AvgIpc) is 2.95. The molecule has 0 saturated heterocycles. The minimum absolute atomic E-state index is 0. The molecule has 0 unspecified atom stereocenters. The lowest BCUT2D eigenvalue weighted by atomic mass is 9.85. The molecule has 6 nitrogen and oxygen atoms in total. The third-order valence-electron chi connectivity index (χ3n) is 3.41. The van der Waals surface area contributed by atoms with E-state index in [0.29, 0.717) is 24.8 Å². The van der Waals surface area contributed by atoms with Gasteiger partial charge in [-0.2, -0.15) is 4.98 Å². The fourth-order valence-electron chi connectivity index (χ4n) is 2.34. The maximum Gasteiger partial charge on any atom is 0.227 e. The topological polar surface area (TPSA) is 94.0 Å². The van der Waals surface area contributed by atoms with Crippen molar-refractivity contribution in [3.05, 3.63) is 11.7 Å². The molecule has 1 aromatic heterocycles. The third-order valence-corrected chi connectivity index (χ3v) is 3.41. The van der Waals surface area contributed by atoms with Crippen LogP contribution in [0.15, 0.2) is 4.52 Å². The van der Waals surface area contributed by atoms with Crippen LogP contribution in [0.3, 0.4) is 0 Å². The molecule has 1 amide bonds. The van der Waals surface area contributed by atoms with Crippen molar-refractivity contribution in [2.24, 2.45) is 11.1 Å². The Morgan fingerprint density at radius 3 is 2.67 bits per heavy atom. The second-order valence-corrected chi connectivity index (χ2v) is 4.60. The standard InChI is InChI=1S/C11H18N4O2.ClH/c1-8-14-9(15-17-8)6-13-10(16)11(7-12)4-2-3-5-11;/h2-7,12H2,1H3,(H,13,16);1H. The molecule has 3 N–H and O–H groups in total. The maximum absolute atomic E-state index is 12.1. The van der Waals surface area contributed by atoms with E-state index in [9.17, 15) is 4.79 Å². The quantitative estimate of drug-likeness (QED) is 0.852. The summed E-state index contributed by atoms with van der Waals surface area (Å²) >= 11 is 0. The summed E-state index contributed by atoms with van der Waals surface area (Å²) in [5.41, 5.74) is 5.36. The highest BCUT2D eigenvalue weighted by Gasteiger charge is 2.39. The molecule has 0 radical (unpaired) electrons. The van der Waals surface area contributed by atoms with Crippen LogP contribution >= 0.6 is 12.4 Å². The first-order chi connectivity index (χ1) is 8.16. The van der Waals surface area contributed by atoms with E-state index < -0.39 is 0 Å².